The molecule has 440 valence electrons. The van der Waals surface area contributed by atoms with E-state index in [0.29, 0.717) is 59.5 Å². The van der Waals surface area contributed by atoms with Crippen LogP contribution in [0.5, 0.6) is 11.5 Å². The third-order valence-corrected chi connectivity index (χ3v) is 26.5. The molecule has 3 fully saturated rings. The second-order valence-electron chi connectivity index (χ2n) is 26.8. The lowest BCUT2D eigenvalue weighted by Crippen LogP contribution is -2.44. The molecular formula is C68H94O11Si2. The summed E-state index contributed by atoms with van der Waals surface area (Å²) in [7, 11) is -3.87. The van der Waals surface area contributed by atoms with Gasteiger partial charge in [0.2, 0.25) is 0 Å². The first-order chi connectivity index (χ1) is 37.8. The maximum atomic E-state index is 13.2. The zero-order chi connectivity index (χ0) is 59.8. The standard InChI is InChI=1S/C27H40O3Si.C21H32O3Si.C20H22O5/c1-18-13-19(2)25-23(14-18)17-24(30-31(7,8)27(4,5)6)12-10-9-11-21-16-22(21)15-20(3)29-26(25)28;1-16-14-18-15-17(18)10-7-8-11-19(12-9-13-20(22)23-16)24-25(5,6)21(2,3)4;1-11-7-14-8-13(14)5-3-4-6-15(21)9-16-12(2)17(22)10-18(23)19(16)20(24)25-11/h9-14,20-22,24H,15-17H2,1-8H3;7-8,10-11,16-19H,12,14-15H2,1-6H3;3-6,10-11,13-14,22-23H,7-9H2,1-2H3/b11-9-,12-10+;10-7-,11-8+;5-3-,6-4+/t20-,21+,22+,24?;16-,17+,18+,19?;11-,13+,14+/m111/s1. The van der Waals surface area contributed by atoms with Crippen LogP contribution in [-0.2, 0) is 45.5 Å². The number of carbonyl (C=O) groups is 4. The Kier molecular flexibility index (Phi) is 21.7. The number of ether oxygens (including phenoxy) is 3. The molecule has 0 bridgehead atoms. The summed E-state index contributed by atoms with van der Waals surface area (Å²) in [5.74, 6) is 6.94. The smallest absolute Gasteiger partial charge is 0.384 e. The number of hydrogen-bond acceptors (Lipinski definition) is 11. The third kappa shape index (κ3) is 19.0. The first kappa shape index (κ1) is 64.6. The van der Waals surface area contributed by atoms with E-state index < -0.39 is 28.6 Å². The monoisotopic (exact) mass is 1140 g/mol. The molecule has 11 nitrogen and oxygen atoms in total. The Bertz CT molecular complexity index is 2860. The normalized spacial score (nSPS) is 30.3. The molecule has 0 amide bonds. The second kappa shape index (κ2) is 27.2. The van der Waals surface area contributed by atoms with Gasteiger partial charge in [0.05, 0.1) is 30.0 Å². The van der Waals surface area contributed by atoms with Gasteiger partial charge in [0.15, 0.2) is 22.4 Å². The fourth-order valence-corrected chi connectivity index (χ4v) is 13.0. The predicted octanol–water partition coefficient (Wildman–Crippen LogP) is 15.0. The summed E-state index contributed by atoms with van der Waals surface area (Å²) in [5.41, 5.74) is 4.54. The van der Waals surface area contributed by atoms with E-state index in [2.05, 4.69) is 153 Å². The topological polar surface area (TPSA) is 155 Å². The van der Waals surface area contributed by atoms with E-state index in [1.807, 2.05) is 33.8 Å². The average Bonchev–Trinajstić information content (AvgIpc) is 4.38. The van der Waals surface area contributed by atoms with Gasteiger partial charge >= 0.3 is 17.9 Å². The van der Waals surface area contributed by atoms with Crippen molar-refractivity contribution in [3.05, 3.63) is 130 Å². The van der Waals surface area contributed by atoms with Gasteiger partial charge in [-0.25, -0.2) is 14.4 Å². The zero-order valence-corrected chi connectivity index (χ0v) is 53.4. The van der Waals surface area contributed by atoms with Crippen LogP contribution in [0.1, 0.15) is 156 Å². The van der Waals surface area contributed by atoms with Crippen molar-refractivity contribution in [1.29, 1.82) is 0 Å². The van der Waals surface area contributed by atoms with Crippen LogP contribution in [0.25, 0.3) is 0 Å². The molecule has 11 atom stereocenters. The van der Waals surface area contributed by atoms with Gasteiger partial charge in [-0.3, -0.25) is 4.79 Å². The van der Waals surface area contributed by atoms with Crippen LogP contribution in [-0.4, -0.2) is 81.1 Å². The number of aromatic hydroxyl groups is 2. The number of hydrogen-bond donors (Lipinski definition) is 2. The largest absolute Gasteiger partial charge is 0.508 e. The molecule has 81 heavy (non-hydrogen) atoms. The van der Waals surface area contributed by atoms with Crippen molar-refractivity contribution in [1.82, 2.24) is 0 Å². The summed E-state index contributed by atoms with van der Waals surface area (Å²) in [6.07, 6.45) is 30.9. The Morgan fingerprint density at radius 2 is 1.02 bits per heavy atom. The number of allylic oxidation sites excluding steroid dienone is 10. The fraction of sp³-hybridized carbons (Fsp3) is 0.559. The number of carbonyl (C=O) groups excluding carboxylic acids is 4. The Hall–Kier alpha value is -5.53. The molecule has 8 rings (SSSR count). The van der Waals surface area contributed by atoms with Gasteiger partial charge in [0.25, 0.3) is 0 Å². The molecular weight excluding hydrogens is 1050 g/mol. The fourth-order valence-electron chi connectivity index (χ4n) is 10.5. The second-order valence-corrected chi connectivity index (χ2v) is 36.3. The number of rotatable bonds is 4. The molecule has 0 spiro atoms. The highest BCUT2D eigenvalue weighted by atomic mass is 28.4. The van der Waals surface area contributed by atoms with Crippen LogP contribution in [0.3, 0.4) is 0 Å². The third-order valence-electron chi connectivity index (χ3n) is 17.5. The van der Waals surface area contributed by atoms with E-state index in [1.54, 1.807) is 13.0 Å². The number of esters is 3. The van der Waals surface area contributed by atoms with Crippen molar-refractivity contribution in [2.24, 2.45) is 35.5 Å². The lowest BCUT2D eigenvalue weighted by atomic mass is 9.94. The molecule has 2 N–H and O–H groups in total. The molecule has 3 aliphatic heterocycles. The number of benzene rings is 2. The van der Waals surface area contributed by atoms with Crippen molar-refractivity contribution >= 4 is 40.3 Å². The van der Waals surface area contributed by atoms with E-state index in [4.69, 9.17) is 23.1 Å². The summed E-state index contributed by atoms with van der Waals surface area (Å²) >= 11 is 0. The Morgan fingerprint density at radius 1 is 0.568 bits per heavy atom. The lowest BCUT2D eigenvalue weighted by Gasteiger charge is -2.39. The molecule has 0 radical (unpaired) electrons. The Labute approximate surface area is 487 Å². The first-order valence-electron chi connectivity index (χ1n) is 29.5. The van der Waals surface area contributed by atoms with Gasteiger partial charge in [-0.05, 0) is 180 Å². The van der Waals surface area contributed by atoms with Crippen molar-refractivity contribution in [3.63, 3.8) is 0 Å². The van der Waals surface area contributed by atoms with Gasteiger partial charge in [0, 0.05) is 31.2 Å². The molecule has 3 heterocycles. The highest BCUT2D eigenvalue weighted by Crippen LogP contribution is 2.46. The van der Waals surface area contributed by atoms with Gasteiger partial charge < -0.3 is 33.3 Å². The van der Waals surface area contributed by atoms with E-state index >= 15 is 0 Å². The molecule has 2 aromatic carbocycles. The van der Waals surface area contributed by atoms with E-state index in [9.17, 15) is 29.4 Å². The summed E-state index contributed by atoms with van der Waals surface area (Å²) in [4.78, 5) is 49.9. The average molecular weight is 1140 g/mol. The summed E-state index contributed by atoms with van der Waals surface area (Å²) in [5, 5.41) is 20.4. The van der Waals surface area contributed by atoms with Crippen LogP contribution in [0.2, 0.25) is 36.3 Å². The number of ketones is 1. The number of fused-ring (bicyclic) bond motifs is 5. The van der Waals surface area contributed by atoms with Gasteiger partial charge in [0.1, 0.15) is 23.2 Å². The molecule has 3 saturated carbocycles. The van der Waals surface area contributed by atoms with E-state index in [1.165, 1.54) is 18.9 Å². The van der Waals surface area contributed by atoms with Crippen molar-refractivity contribution in [2.75, 3.05) is 0 Å². The summed E-state index contributed by atoms with van der Waals surface area (Å²) in [6, 6.07) is 5.32. The van der Waals surface area contributed by atoms with Gasteiger partial charge in [-0.1, -0.05) is 132 Å². The molecule has 0 saturated heterocycles. The first-order valence-corrected chi connectivity index (χ1v) is 35.3. The Morgan fingerprint density at radius 3 is 1.54 bits per heavy atom. The molecule has 2 unspecified atom stereocenters. The minimum atomic E-state index is -1.97. The van der Waals surface area contributed by atoms with Crippen molar-refractivity contribution in [3.8, 4) is 23.3 Å². The summed E-state index contributed by atoms with van der Waals surface area (Å²) < 4.78 is 30.1. The van der Waals surface area contributed by atoms with Crippen molar-refractivity contribution < 1.29 is 52.5 Å². The van der Waals surface area contributed by atoms with Crippen LogP contribution in [0, 0.1) is 68.1 Å². The molecule has 3 aliphatic carbocycles. The van der Waals surface area contributed by atoms with E-state index in [-0.39, 0.29) is 75.8 Å². The number of phenolic OH excluding ortho intramolecular Hbond substituents is 2. The predicted molar refractivity (Wildman–Crippen MR) is 328 cm³/mol. The van der Waals surface area contributed by atoms with E-state index in [0.717, 1.165) is 54.0 Å². The zero-order valence-electron chi connectivity index (χ0n) is 51.4. The number of cyclic esters (lactones) is 3. The minimum Gasteiger partial charge on any atom is -0.508 e. The van der Waals surface area contributed by atoms with Crippen molar-refractivity contribution in [2.45, 2.75) is 208 Å². The number of phenols is 2. The Balaban J connectivity index is 0.000000197. The van der Waals surface area contributed by atoms with Gasteiger partial charge in [-0.2, -0.15) is 0 Å². The molecule has 2 aromatic rings. The van der Waals surface area contributed by atoms with Gasteiger partial charge in [-0.15, -0.1) is 0 Å². The maximum Gasteiger partial charge on any atom is 0.384 e. The van der Waals surface area contributed by atoms with Crippen LogP contribution in [0.4, 0.5) is 0 Å². The summed E-state index contributed by atoms with van der Waals surface area (Å²) in [6.45, 7) is 34.0. The quantitative estimate of drug-likeness (QED) is 0.0988. The SMILES string of the molecule is C[C@@H]1C[C@H]2C[C@@H]2/C=C\C=C\C(O[Si](C)(C)C(C)(C)C)CC#CC(=O)O1.Cc1c(O)cc(O)c2c1CC(=O)/C=C/C=C\[C@H]1C[C@@H]1C[C@@H](C)OC2=O.Cc1cc(C)c2c(c1)CC(O[Si](C)(C)C(C)(C)C)/C=C/C=C\[C@H]1C[C@@H]1C[C@@H](C)OC2=O. The van der Waals surface area contributed by atoms with Crippen LogP contribution < -0.4 is 0 Å². The molecule has 6 aliphatic rings. The highest BCUT2D eigenvalue weighted by Gasteiger charge is 2.42. The van der Waals surface area contributed by atoms with Crippen LogP contribution >= 0.6 is 0 Å². The maximum absolute atomic E-state index is 13.2. The molecule has 13 heteroatoms. The minimum absolute atomic E-state index is 0.0381. The highest BCUT2D eigenvalue weighted by molar-refractivity contribution is 6.74. The lowest BCUT2D eigenvalue weighted by molar-refractivity contribution is -0.141. The number of aryl methyl sites for hydroxylation is 2. The molecule has 0 aromatic heterocycles. The van der Waals surface area contributed by atoms with Crippen LogP contribution in [0.15, 0.2) is 91.1 Å².